The van der Waals surface area contributed by atoms with Crippen molar-refractivity contribution in [2.45, 2.75) is 59.8 Å². The number of carbonyl (C=O) groups excluding carboxylic acids is 2. The van der Waals surface area contributed by atoms with E-state index in [1.807, 2.05) is 13.8 Å². The van der Waals surface area contributed by atoms with Crippen LogP contribution in [-0.4, -0.2) is 11.6 Å². The molecule has 0 aromatic carbocycles. The fourth-order valence-electron chi connectivity index (χ4n) is 1.29. The minimum absolute atomic E-state index is 0.184. The van der Waals surface area contributed by atoms with Gasteiger partial charge in [-0.1, -0.05) is 26.7 Å². The maximum Gasteiger partial charge on any atom is 0.135 e. The molecule has 0 bridgehead atoms. The molecule has 0 saturated heterocycles. The van der Waals surface area contributed by atoms with Crippen molar-refractivity contribution in [1.29, 1.82) is 0 Å². The van der Waals surface area contributed by atoms with E-state index in [1.165, 1.54) is 0 Å². The Morgan fingerprint density at radius 3 is 2.00 bits per heavy atom. The summed E-state index contributed by atoms with van der Waals surface area (Å²) < 4.78 is 0. The molecule has 0 fully saturated rings. The van der Waals surface area contributed by atoms with Crippen LogP contribution in [0.15, 0.2) is 0 Å². The van der Waals surface area contributed by atoms with E-state index in [4.69, 9.17) is 0 Å². The molecule has 0 aliphatic carbocycles. The third kappa shape index (κ3) is 5.90. The van der Waals surface area contributed by atoms with Gasteiger partial charge in [0, 0.05) is 11.8 Å². The molecule has 0 aromatic rings. The lowest BCUT2D eigenvalue weighted by Gasteiger charge is -2.20. The second-order valence-electron chi connectivity index (χ2n) is 4.70. The molecule has 2 nitrogen and oxygen atoms in total. The fourth-order valence-corrected chi connectivity index (χ4v) is 1.29. The Hall–Kier alpha value is -0.660. The van der Waals surface area contributed by atoms with Crippen LogP contribution in [0.5, 0.6) is 0 Å². The van der Waals surface area contributed by atoms with E-state index >= 15 is 0 Å². The molecule has 0 atom stereocenters. The quantitative estimate of drug-likeness (QED) is 0.589. The molecular weight excluding hydrogens is 176 g/mol. The van der Waals surface area contributed by atoms with Gasteiger partial charge in [-0.15, -0.1) is 0 Å². The van der Waals surface area contributed by atoms with Gasteiger partial charge in [0.25, 0.3) is 0 Å². The number of hydrogen-bond acceptors (Lipinski definition) is 2. The van der Waals surface area contributed by atoms with Gasteiger partial charge in [0.1, 0.15) is 11.6 Å². The molecule has 0 radical (unpaired) electrons. The number of carbonyl (C=O) groups is 2. The van der Waals surface area contributed by atoms with Crippen molar-refractivity contribution >= 4 is 11.6 Å². The van der Waals surface area contributed by atoms with Crippen molar-refractivity contribution in [3.8, 4) is 0 Å². The van der Waals surface area contributed by atoms with Gasteiger partial charge in [0.2, 0.25) is 0 Å². The van der Waals surface area contributed by atoms with Gasteiger partial charge >= 0.3 is 0 Å². The molecule has 0 rings (SSSR count). The first kappa shape index (κ1) is 13.3. The van der Waals surface area contributed by atoms with Gasteiger partial charge in [-0.05, 0) is 26.7 Å². The maximum atomic E-state index is 11.2. The lowest BCUT2D eigenvalue weighted by atomic mass is 9.83. The first-order valence-electron chi connectivity index (χ1n) is 5.37. The Balaban J connectivity index is 3.54. The first-order chi connectivity index (χ1) is 6.36. The zero-order valence-corrected chi connectivity index (χ0v) is 9.85. The van der Waals surface area contributed by atoms with Crippen LogP contribution in [0.1, 0.15) is 59.8 Å². The number of rotatable bonds is 7. The van der Waals surface area contributed by atoms with E-state index in [1.54, 1.807) is 13.8 Å². The van der Waals surface area contributed by atoms with E-state index in [0.717, 1.165) is 25.7 Å². The molecule has 0 aliphatic heterocycles. The Bertz CT molecular complexity index is 204. The minimum atomic E-state index is -0.184. The summed E-state index contributed by atoms with van der Waals surface area (Å²) in [6, 6.07) is 0. The highest BCUT2D eigenvalue weighted by Gasteiger charge is 2.22. The SMILES string of the molecule is CC(=O)CCCCCC(C)(C)C(C)=O. The summed E-state index contributed by atoms with van der Waals surface area (Å²) in [4.78, 5) is 21.8. The van der Waals surface area contributed by atoms with E-state index in [9.17, 15) is 9.59 Å². The third-order valence-electron chi connectivity index (χ3n) is 2.78. The van der Waals surface area contributed by atoms with E-state index in [0.29, 0.717) is 6.42 Å². The predicted octanol–water partition coefficient (Wildman–Crippen LogP) is 3.14. The number of unbranched alkanes of at least 4 members (excludes halogenated alkanes) is 2. The zero-order chi connectivity index (χ0) is 11.2. The van der Waals surface area contributed by atoms with Crippen molar-refractivity contribution in [2.75, 3.05) is 0 Å². The predicted molar refractivity (Wildman–Crippen MR) is 58.2 cm³/mol. The summed E-state index contributed by atoms with van der Waals surface area (Å²) in [6.45, 7) is 7.25. The highest BCUT2D eigenvalue weighted by molar-refractivity contribution is 5.81. The van der Waals surface area contributed by atoms with Gasteiger partial charge in [-0.25, -0.2) is 0 Å². The normalized spacial score (nSPS) is 11.4. The van der Waals surface area contributed by atoms with Crippen LogP contribution in [0.25, 0.3) is 0 Å². The Labute approximate surface area is 87.1 Å². The largest absolute Gasteiger partial charge is 0.300 e. The third-order valence-corrected chi connectivity index (χ3v) is 2.78. The molecule has 0 aliphatic rings. The van der Waals surface area contributed by atoms with Crippen LogP contribution in [0.4, 0.5) is 0 Å². The summed E-state index contributed by atoms with van der Waals surface area (Å²) in [5.74, 6) is 0.514. The van der Waals surface area contributed by atoms with Crippen molar-refractivity contribution in [1.82, 2.24) is 0 Å². The van der Waals surface area contributed by atoms with Gasteiger partial charge < -0.3 is 4.79 Å². The Kier molecular flexibility index (Phi) is 5.66. The topological polar surface area (TPSA) is 34.1 Å². The summed E-state index contributed by atoms with van der Waals surface area (Å²) >= 11 is 0. The molecule has 0 saturated carbocycles. The van der Waals surface area contributed by atoms with Gasteiger partial charge in [-0.2, -0.15) is 0 Å². The first-order valence-corrected chi connectivity index (χ1v) is 5.37. The van der Waals surface area contributed by atoms with Crippen molar-refractivity contribution in [3.05, 3.63) is 0 Å². The van der Waals surface area contributed by atoms with Crippen molar-refractivity contribution in [3.63, 3.8) is 0 Å². The smallest absolute Gasteiger partial charge is 0.135 e. The molecule has 0 unspecified atom stereocenters. The number of ketones is 2. The summed E-state index contributed by atoms with van der Waals surface area (Å²) in [6.07, 6.45) is 4.67. The number of hydrogen-bond donors (Lipinski definition) is 0. The van der Waals surface area contributed by atoms with E-state index in [2.05, 4.69) is 0 Å². The zero-order valence-electron chi connectivity index (χ0n) is 9.85. The van der Waals surface area contributed by atoms with E-state index in [-0.39, 0.29) is 17.0 Å². The summed E-state index contributed by atoms with van der Waals surface area (Å²) in [5.41, 5.74) is -0.184. The second-order valence-corrected chi connectivity index (χ2v) is 4.70. The van der Waals surface area contributed by atoms with Crippen LogP contribution >= 0.6 is 0 Å². The van der Waals surface area contributed by atoms with Gasteiger partial charge in [-0.3, -0.25) is 4.79 Å². The summed E-state index contributed by atoms with van der Waals surface area (Å²) in [7, 11) is 0. The van der Waals surface area contributed by atoms with Gasteiger partial charge in [0.05, 0.1) is 0 Å². The standard InChI is InChI=1S/C12H22O2/c1-10(13)8-6-5-7-9-12(3,4)11(2)14/h5-9H2,1-4H3. The molecule has 0 aromatic heterocycles. The highest BCUT2D eigenvalue weighted by Crippen LogP contribution is 2.24. The van der Waals surface area contributed by atoms with Gasteiger partial charge in [0.15, 0.2) is 0 Å². The number of Topliss-reactive ketones (excluding diaryl/α,β-unsaturated/α-hetero) is 2. The average molecular weight is 198 g/mol. The molecule has 0 amide bonds. The molecule has 82 valence electrons. The molecule has 0 spiro atoms. The minimum Gasteiger partial charge on any atom is -0.300 e. The van der Waals surface area contributed by atoms with Crippen molar-refractivity contribution in [2.24, 2.45) is 5.41 Å². The molecular formula is C12H22O2. The lowest BCUT2D eigenvalue weighted by molar-refractivity contribution is -0.125. The molecule has 0 heterocycles. The average Bonchev–Trinajstić information content (AvgIpc) is 2.02. The fraction of sp³-hybridized carbons (Fsp3) is 0.833. The van der Waals surface area contributed by atoms with Crippen LogP contribution < -0.4 is 0 Å². The molecule has 0 N–H and O–H groups in total. The van der Waals surface area contributed by atoms with Crippen LogP contribution in [0.3, 0.4) is 0 Å². The Morgan fingerprint density at radius 2 is 1.57 bits per heavy atom. The van der Waals surface area contributed by atoms with Crippen LogP contribution in [0.2, 0.25) is 0 Å². The van der Waals surface area contributed by atoms with Crippen LogP contribution in [0, 0.1) is 5.41 Å². The lowest BCUT2D eigenvalue weighted by Crippen LogP contribution is -2.20. The van der Waals surface area contributed by atoms with Crippen molar-refractivity contribution < 1.29 is 9.59 Å². The maximum absolute atomic E-state index is 11.2. The molecule has 14 heavy (non-hydrogen) atoms. The van der Waals surface area contributed by atoms with E-state index < -0.39 is 0 Å². The summed E-state index contributed by atoms with van der Waals surface area (Å²) in [5, 5.41) is 0. The second kappa shape index (κ2) is 5.94. The molecule has 2 heteroatoms. The Morgan fingerprint density at radius 1 is 1.00 bits per heavy atom. The van der Waals surface area contributed by atoms with Crippen LogP contribution in [-0.2, 0) is 9.59 Å². The highest BCUT2D eigenvalue weighted by atomic mass is 16.1. The monoisotopic (exact) mass is 198 g/mol.